The van der Waals surface area contributed by atoms with Gasteiger partial charge in [-0.1, -0.05) is 0 Å². The van der Waals surface area contributed by atoms with Crippen LogP contribution in [-0.4, -0.2) is 24.3 Å². The van der Waals surface area contributed by atoms with Crippen LogP contribution in [0.2, 0.25) is 0 Å². The number of aromatic nitrogens is 5. The molecule has 22 heavy (non-hydrogen) atoms. The Balaban J connectivity index is 1.95. The minimum Gasteiger partial charge on any atom is -0.336 e. The van der Waals surface area contributed by atoms with Gasteiger partial charge in [0.05, 0.1) is 6.20 Å². The van der Waals surface area contributed by atoms with Crippen molar-refractivity contribution in [2.75, 3.05) is 0 Å². The Morgan fingerprint density at radius 2 is 1.91 bits per heavy atom. The molecule has 0 N–H and O–H groups in total. The Bertz CT molecular complexity index is 977. The summed E-state index contributed by atoms with van der Waals surface area (Å²) in [7, 11) is 2.01. The van der Waals surface area contributed by atoms with E-state index in [9.17, 15) is 0 Å². The predicted molar refractivity (Wildman–Crippen MR) is 87.6 cm³/mol. The van der Waals surface area contributed by atoms with Gasteiger partial charge >= 0.3 is 0 Å². The molecular formula is C17H17N5. The van der Waals surface area contributed by atoms with Crippen molar-refractivity contribution in [2.45, 2.75) is 19.9 Å². The summed E-state index contributed by atoms with van der Waals surface area (Å²) in [5.74, 6) is 0. The van der Waals surface area contributed by atoms with Crippen molar-refractivity contribution in [3.05, 3.63) is 43.0 Å². The Labute approximate surface area is 128 Å². The Hall–Kier alpha value is -2.69. The lowest BCUT2D eigenvalue weighted by molar-refractivity contribution is 0.546. The van der Waals surface area contributed by atoms with E-state index < -0.39 is 0 Å². The third-order valence-electron chi connectivity index (χ3n) is 4.00. The molecule has 0 spiro atoms. The van der Waals surface area contributed by atoms with Gasteiger partial charge in [-0.05, 0) is 37.6 Å². The van der Waals surface area contributed by atoms with Crippen LogP contribution >= 0.6 is 0 Å². The maximum Gasteiger partial charge on any atom is 0.158 e. The molecule has 0 saturated carbocycles. The molecule has 4 heterocycles. The van der Waals surface area contributed by atoms with Crippen LogP contribution < -0.4 is 0 Å². The van der Waals surface area contributed by atoms with Crippen LogP contribution in [0.25, 0.3) is 33.2 Å². The van der Waals surface area contributed by atoms with E-state index in [1.165, 1.54) is 0 Å². The SMILES string of the molecule is CC(C)n1ncc2c(-c3cnc4c(ccn4C)c3)ccnc21. The molecule has 5 nitrogen and oxygen atoms in total. The molecule has 0 atom stereocenters. The molecule has 5 heteroatoms. The van der Waals surface area contributed by atoms with Crippen LogP contribution in [-0.2, 0) is 7.05 Å². The second-order valence-corrected chi connectivity index (χ2v) is 5.84. The predicted octanol–water partition coefficient (Wildman–Crippen LogP) is 3.57. The van der Waals surface area contributed by atoms with E-state index in [0.29, 0.717) is 0 Å². The van der Waals surface area contributed by atoms with Crippen LogP contribution in [0.3, 0.4) is 0 Å². The van der Waals surface area contributed by atoms with E-state index in [-0.39, 0.29) is 6.04 Å². The number of rotatable bonds is 2. The maximum atomic E-state index is 4.58. The fourth-order valence-electron chi connectivity index (χ4n) is 2.88. The molecule has 110 valence electrons. The van der Waals surface area contributed by atoms with Gasteiger partial charge in [0.2, 0.25) is 0 Å². The number of pyridine rings is 2. The van der Waals surface area contributed by atoms with Crippen LogP contribution in [0.1, 0.15) is 19.9 Å². The fraction of sp³-hybridized carbons (Fsp3) is 0.235. The Morgan fingerprint density at radius 1 is 1.05 bits per heavy atom. The van der Waals surface area contributed by atoms with Crippen molar-refractivity contribution in [1.29, 1.82) is 0 Å². The highest BCUT2D eigenvalue weighted by Crippen LogP contribution is 2.29. The average Bonchev–Trinajstić information content (AvgIpc) is 3.11. The van der Waals surface area contributed by atoms with Crippen molar-refractivity contribution in [3.63, 3.8) is 0 Å². The quantitative estimate of drug-likeness (QED) is 0.567. The summed E-state index contributed by atoms with van der Waals surface area (Å²) >= 11 is 0. The summed E-state index contributed by atoms with van der Waals surface area (Å²) in [6.07, 6.45) is 7.68. The molecule has 0 fully saturated rings. The second-order valence-electron chi connectivity index (χ2n) is 5.84. The van der Waals surface area contributed by atoms with Gasteiger partial charge in [-0.15, -0.1) is 0 Å². The Morgan fingerprint density at radius 3 is 2.73 bits per heavy atom. The first-order valence-corrected chi connectivity index (χ1v) is 7.39. The lowest BCUT2D eigenvalue weighted by atomic mass is 10.1. The minimum absolute atomic E-state index is 0.287. The fourth-order valence-corrected chi connectivity index (χ4v) is 2.88. The first kappa shape index (κ1) is 13.0. The number of hydrogen-bond acceptors (Lipinski definition) is 3. The zero-order valence-corrected chi connectivity index (χ0v) is 12.9. The first-order chi connectivity index (χ1) is 10.6. The molecule has 4 aromatic heterocycles. The molecule has 4 rings (SSSR count). The van der Waals surface area contributed by atoms with Crippen LogP contribution in [0, 0.1) is 0 Å². The molecule has 0 aliphatic heterocycles. The molecule has 0 bridgehead atoms. The van der Waals surface area contributed by atoms with E-state index in [4.69, 9.17) is 0 Å². The highest BCUT2D eigenvalue weighted by molar-refractivity contribution is 5.94. The number of fused-ring (bicyclic) bond motifs is 2. The summed E-state index contributed by atoms with van der Waals surface area (Å²) in [6.45, 7) is 4.22. The third kappa shape index (κ3) is 1.82. The standard InChI is InChI=1S/C17H17N5/c1-11(2)22-17-15(10-20-22)14(4-6-18-17)13-8-12-5-7-21(3)16(12)19-9-13/h4-11H,1-3H3. The normalized spacial score (nSPS) is 11.8. The molecule has 0 aliphatic carbocycles. The molecule has 4 aromatic rings. The van der Waals surface area contributed by atoms with Crippen molar-refractivity contribution in [3.8, 4) is 11.1 Å². The zero-order valence-electron chi connectivity index (χ0n) is 12.9. The lowest BCUT2D eigenvalue weighted by Crippen LogP contribution is -2.03. The zero-order chi connectivity index (χ0) is 15.3. The van der Waals surface area contributed by atoms with E-state index in [1.54, 1.807) is 0 Å². The van der Waals surface area contributed by atoms with Gasteiger partial charge in [-0.3, -0.25) is 0 Å². The third-order valence-corrected chi connectivity index (χ3v) is 4.00. The summed E-state index contributed by atoms with van der Waals surface area (Å²) in [4.78, 5) is 9.07. The number of nitrogens with zero attached hydrogens (tertiary/aromatic N) is 5. The van der Waals surface area contributed by atoms with Gasteiger partial charge < -0.3 is 4.57 Å². The average molecular weight is 291 g/mol. The van der Waals surface area contributed by atoms with Gasteiger partial charge in [0, 0.05) is 48.0 Å². The maximum absolute atomic E-state index is 4.58. The highest BCUT2D eigenvalue weighted by Gasteiger charge is 2.12. The molecule has 0 unspecified atom stereocenters. The first-order valence-electron chi connectivity index (χ1n) is 7.39. The van der Waals surface area contributed by atoms with Crippen LogP contribution in [0.4, 0.5) is 0 Å². The van der Waals surface area contributed by atoms with Crippen molar-refractivity contribution in [1.82, 2.24) is 24.3 Å². The van der Waals surface area contributed by atoms with Crippen molar-refractivity contribution >= 4 is 22.1 Å². The van der Waals surface area contributed by atoms with Gasteiger partial charge in [-0.25, -0.2) is 14.6 Å². The molecule has 0 aromatic carbocycles. The van der Waals surface area contributed by atoms with E-state index in [2.05, 4.69) is 41.0 Å². The topological polar surface area (TPSA) is 48.5 Å². The summed E-state index contributed by atoms with van der Waals surface area (Å²) in [6, 6.07) is 6.57. The van der Waals surface area contributed by atoms with E-state index in [1.807, 2.05) is 47.2 Å². The van der Waals surface area contributed by atoms with Crippen molar-refractivity contribution < 1.29 is 0 Å². The number of aryl methyl sites for hydroxylation is 1. The van der Waals surface area contributed by atoms with Crippen molar-refractivity contribution in [2.24, 2.45) is 7.05 Å². The molecule has 0 radical (unpaired) electrons. The second kappa shape index (κ2) is 4.66. The minimum atomic E-state index is 0.287. The van der Waals surface area contributed by atoms with Gasteiger partial charge in [0.1, 0.15) is 5.65 Å². The molecule has 0 amide bonds. The van der Waals surface area contributed by atoms with E-state index in [0.717, 1.165) is 33.2 Å². The summed E-state index contributed by atoms with van der Waals surface area (Å²) in [5.41, 5.74) is 4.12. The van der Waals surface area contributed by atoms with E-state index >= 15 is 0 Å². The lowest BCUT2D eigenvalue weighted by Gasteiger charge is -2.07. The summed E-state index contributed by atoms with van der Waals surface area (Å²) < 4.78 is 3.98. The van der Waals surface area contributed by atoms with Gasteiger partial charge in [0.15, 0.2) is 5.65 Å². The molecular weight excluding hydrogens is 274 g/mol. The van der Waals surface area contributed by atoms with Gasteiger partial charge in [0.25, 0.3) is 0 Å². The largest absolute Gasteiger partial charge is 0.336 e. The molecule has 0 saturated heterocycles. The summed E-state index contributed by atoms with van der Waals surface area (Å²) in [5, 5.41) is 6.68. The van der Waals surface area contributed by atoms with Crippen LogP contribution in [0.15, 0.2) is 43.0 Å². The highest BCUT2D eigenvalue weighted by atomic mass is 15.3. The monoisotopic (exact) mass is 291 g/mol. The van der Waals surface area contributed by atoms with Gasteiger partial charge in [-0.2, -0.15) is 5.10 Å². The molecule has 0 aliphatic rings. The Kier molecular flexibility index (Phi) is 2.76. The van der Waals surface area contributed by atoms with Crippen LogP contribution in [0.5, 0.6) is 0 Å². The number of hydrogen-bond donors (Lipinski definition) is 0. The smallest absolute Gasteiger partial charge is 0.158 e.